The summed E-state index contributed by atoms with van der Waals surface area (Å²) >= 11 is 0. The zero-order chi connectivity index (χ0) is 17.3. The number of carbonyl (C=O) groups is 1. The molecule has 134 valence electrons. The van der Waals surface area contributed by atoms with E-state index in [9.17, 15) is 9.90 Å². The summed E-state index contributed by atoms with van der Waals surface area (Å²) in [6.07, 6.45) is 6.70. The van der Waals surface area contributed by atoms with E-state index in [0.717, 1.165) is 68.5 Å². The molecule has 5 nitrogen and oxygen atoms in total. The average molecular weight is 341 g/mol. The van der Waals surface area contributed by atoms with E-state index >= 15 is 0 Å². The van der Waals surface area contributed by atoms with Crippen molar-refractivity contribution in [1.29, 1.82) is 0 Å². The third kappa shape index (κ3) is 3.43. The number of piperidine rings is 1. The third-order valence-electron chi connectivity index (χ3n) is 6.16. The van der Waals surface area contributed by atoms with Gasteiger partial charge in [-0.3, -0.25) is 4.79 Å². The van der Waals surface area contributed by atoms with Gasteiger partial charge in [-0.1, -0.05) is 18.6 Å². The van der Waals surface area contributed by atoms with Crippen LogP contribution in [-0.2, 0) is 11.2 Å². The number of hydrogen-bond donors (Lipinski definition) is 2. The predicted octanol–water partition coefficient (Wildman–Crippen LogP) is 2.90. The SMILES string of the molecule is O=C(CC1(CO)CCC1)N1CCC(Cc2nc3ccccc3[nH]2)CC1. The molecule has 1 amide bonds. The monoisotopic (exact) mass is 341 g/mol. The van der Waals surface area contributed by atoms with Gasteiger partial charge in [0.25, 0.3) is 0 Å². The molecule has 4 rings (SSSR count). The standard InChI is InChI=1S/C20H27N3O2/c24-14-20(8-3-9-20)13-19(25)23-10-6-15(7-11-23)12-18-21-16-4-1-2-5-17(16)22-18/h1-2,4-5,15,24H,3,6-14H2,(H,21,22). The Morgan fingerprint density at radius 3 is 2.68 bits per heavy atom. The summed E-state index contributed by atoms with van der Waals surface area (Å²) in [5, 5.41) is 9.57. The summed E-state index contributed by atoms with van der Waals surface area (Å²) in [5.74, 6) is 1.87. The molecule has 2 aliphatic rings. The number of aromatic amines is 1. The normalized spacial score (nSPS) is 20.6. The van der Waals surface area contributed by atoms with Gasteiger partial charge in [0.1, 0.15) is 5.82 Å². The zero-order valence-electron chi connectivity index (χ0n) is 14.7. The number of likely N-dealkylation sites (tertiary alicyclic amines) is 1. The van der Waals surface area contributed by atoms with E-state index in [1.807, 2.05) is 23.1 Å². The molecule has 1 aromatic carbocycles. The molecule has 2 aromatic rings. The van der Waals surface area contributed by atoms with Crippen LogP contribution in [0.15, 0.2) is 24.3 Å². The highest BCUT2D eigenvalue weighted by atomic mass is 16.3. The molecule has 25 heavy (non-hydrogen) atoms. The number of nitrogens with one attached hydrogen (secondary N) is 1. The summed E-state index contributed by atoms with van der Waals surface area (Å²) in [5.41, 5.74) is 2.02. The summed E-state index contributed by atoms with van der Waals surface area (Å²) in [7, 11) is 0. The minimum Gasteiger partial charge on any atom is -0.396 e. The van der Waals surface area contributed by atoms with Crippen LogP contribution >= 0.6 is 0 Å². The maximum atomic E-state index is 12.5. The van der Waals surface area contributed by atoms with Crippen LogP contribution in [-0.4, -0.2) is 45.6 Å². The van der Waals surface area contributed by atoms with Crippen molar-refractivity contribution < 1.29 is 9.90 Å². The van der Waals surface area contributed by atoms with E-state index in [1.54, 1.807) is 0 Å². The highest BCUT2D eigenvalue weighted by Gasteiger charge is 2.39. The number of aliphatic hydroxyl groups excluding tert-OH is 1. The third-order valence-corrected chi connectivity index (χ3v) is 6.16. The lowest BCUT2D eigenvalue weighted by atomic mass is 9.67. The van der Waals surface area contributed by atoms with Gasteiger partial charge in [-0.15, -0.1) is 0 Å². The Balaban J connectivity index is 1.30. The van der Waals surface area contributed by atoms with Gasteiger partial charge in [-0.2, -0.15) is 0 Å². The number of aromatic nitrogens is 2. The maximum absolute atomic E-state index is 12.5. The fraction of sp³-hybridized carbons (Fsp3) is 0.600. The number of amides is 1. The minimum atomic E-state index is -0.109. The Hall–Kier alpha value is -1.88. The van der Waals surface area contributed by atoms with Crippen LogP contribution in [0.2, 0.25) is 0 Å². The number of carbonyl (C=O) groups excluding carboxylic acids is 1. The first-order valence-electron chi connectivity index (χ1n) is 9.50. The predicted molar refractivity (Wildman–Crippen MR) is 97.1 cm³/mol. The van der Waals surface area contributed by atoms with Crippen molar-refractivity contribution >= 4 is 16.9 Å². The quantitative estimate of drug-likeness (QED) is 0.878. The summed E-state index contributed by atoms with van der Waals surface area (Å²) < 4.78 is 0. The van der Waals surface area contributed by atoms with Crippen LogP contribution in [0.1, 0.15) is 44.3 Å². The van der Waals surface area contributed by atoms with Crippen molar-refractivity contribution in [1.82, 2.24) is 14.9 Å². The van der Waals surface area contributed by atoms with E-state index in [0.29, 0.717) is 12.3 Å². The number of aliphatic hydroxyl groups is 1. The lowest BCUT2D eigenvalue weighted by Crippen LogP contribution is -2.44. The second-order valence-corrected chi connectivity index (χ2v) is 7.92. The Bertz CT molecular complexity index is 704. The second-order valence-electron chi connectivity index (χ2n) is 7.92. The summed E-state index contributed by atoms with van der Waals surface area (Å²) in [6, 6.07) is 8.13. The maximum Gasteiger partial charge on any atom is 0.223 e. The number of para-hydroxylation sites is 2. The van der Waals surface area contributed by atoms with Crippen molar-refractivity contribution in [2.45, 2.75) is 44.9 Å². The van der Waals surface area contributed by atoms with Gasteiger partial charge < -0.3 is 15.0 Å². The highest BCUT2D eigenvalue weighted by molar-refractivity contribution is 5.77. The van der Waals surface area contributed by atoms with Crippen LogP contribution in [0, 0.1) is 11.3 Å². The van der Waals surface area contributed by atoms with Crippen molar-refractivity contribution in [3.05, 3.63) is 30.1 Å². The van der Waals surface area contributed by atoms with Crippen molar-refractivity contribution in [3.63, 3.8) is 0 Å². The number of nitrogens with zero attached hydrogens (tertiary/aromatic N) is 2. The molecule has 2 fully saturated rings. The van der Waals surface area contributed by atoms with Gasteiger partial charge in [0.05, 0.1) is 11.0 Å². The fourth-order valence-corrected chi connectivity index (χ4v) is 4.26. The van der Waals surface area contributed by atoms with Crippen LogP contribution in [0.25, 0.3) is 11.0 Å². The molecule has 0 unspecified atom stereocenters. The van der Waals surface area contributed by atoms with Gasteiger partial charge in [0.2, 0.25) is 5.91 Å². The lowest BCUT2D eigenvalue weighted by Gasteiger charge is -2.42. The van der Waals surface area contributed by atoms with Crippen LogP contribution in [0.3, 0.4) is 0 Å². The molecule has 0 atom stereocenters. The minimum absolute atomic E-state index is 0.109. The number of benzene rings is 1. The van der Waals surface area contributed by atoms with E-state index in [2.05, 4.69) is 16.0 Å². The Kier molecular flexibility index (Phi) is 4.50. The molecule has 0 radical (unpaired) electrons. The average Bonchev–Trinajstić information content (AvgIpc) is 3.01. The van der Waals surface area contributed by atoms with Gasteiger partial charge >= 0.3 is 0 Å². The molecule has 5 heteroatoms. The lowest BCUT2D eigenvalue weighted by molar-refractivity contribution is -0.138. The number of fused-ring (bicyclic) bond motifs is 1. The first-order valence-corrected chi connectivity index (χ1v) is 9.50. The van der Waals surface area contributed by atoms with Crippen LogP contribution in [0.4, 0.5) is 0 Å². The molecule has 1 saturated heterocycles. The Morgan fingerprint density at radius 1 is 1.28 bits per heavy atom. The Labute approximate surface area is 148 Å². The van der Waals surface area contributed by atoms with E-state index in [-0.39, 0.29) is 17.9 Å². The molecule has 2 N–H and O–H groups in total. The largest absolute Gasteiger partial charge is 0.396 e. The topological polar surface area (TPSA) is 69.2 Å². The number of hydrogen-bond acceptors (Lipinski definition) is 3. The fourth-order valence-electron chi connectivity index (χ4n) is 4.26. The number of H-pyrrole nitrogens is 1. The van der Waals surface area contributed by atoms with E-state index in [1.165, 1.54) is 0 Å². The molecule has 1 saturated carbocycles. The first kappa shape index (κ1) is 16.6. The molecule has 1 aliphatic carbocycles. The molecule has 2 heterocycles. The van der Waals surface area contributed by atoms with E-state index < -0.39 is 0 Å². The summed E-state index contributed by atoms with van der Waals surface area (Å²) in [4.78, 5) is 22.6. The molecule has 1 aromatic heterocycles. The summed E-state index contributed by atoms with van der Waals surface area (Å²) in [6.45, 7) is 1.83. The van der Waals surface area contributed by atoms with Crippen LogP contribution < -0.4 is 0 Å². The zero-order valence-corrected chi connectivity index (χ0v) is 14.7. The van der Waals surface area contributed by atoms with Crippen molar-refractivity contribution in [3.8, 4) is 0 Å². The van der Waals surface area contributed by atoms with Crippen molar-refractivity contribution in [2.24, 2.45) is 11.3 Å². The first-order chi connectivity index (χ1) is 12.2. The van der Waals surface area contributed by atoms with Crippen molar-refractivity contribution in [2.75, 3.05) is 19.7 Å². The Morgan fingerprint density at radius 2 is 2.04 bits per heavy atom. The molecule has 1 aliphatic heterocycles. The van der Waals surface area contributed by atoms with E-state index in [4.69, 9.17) is 0 Å². The number of rotatable bonds is 5. The van der Waals surface area contributed by atoms with Crippen LogP contribution in [0.5, 0.6) is 0 Å². The molecular weight excluding hydrogens is 314 g/mol. The smallest absolute Gasteiger partial charge is 0.223 e. The van der Waals surface area contributed by atoms with Gasteiger partial charge in [-0.25, -0.2) is 4.98 Å². The molecule has 0 spiro atoms. The van der Waals surface area contributed by atoms with Gasteiger partial charge in [-0.05, 0) is 43.7 Å². The van der Waals surface area contributed by atoms with Gasteiger partial charge in [0, 0.05) is 38.0 Å². The second kappa shape index (κ2) is 6.79. The molecular formula is C20H27N3O2. The number of imidazole rings is 1. The van der Waals surface area contributed by atoms with Gasteiger partial charge in [0.15, 0.2) is 0 Å². The highest BCUT2D eigenvalue weighted by Crippen LogP contribution is 2.44. The molecule has 0 bridgehead atoms.